The fourth-order valence-electron chi connectivity index (χ4n) is 4.42. The highest BCUT2D eigenvalue weighted by Crippen LogP contribution is 2.32. The second-order valence-electron chi connectivity index (χ2n) is 7.91. The Bertz CT molecular complexity index is 574. The number of carbonyl (C=O) groups is 1. The molecule has 0 radical (unpaired) electrons. The van der Waals surface area contributed by atoms with E-state index in [1.807, 2.05) is 12.4 Å². The second kappa shape index (κ2) is 7.73. The average Bonchev–Trinajstić information content (AvgIpc) is 3.43. The van der Waals surface area contributed by atoms with Crippen LogP contribution in [-0.4, -0.2) is 53.0 Å². The van der Waals surface area contributed by atoms with Gasteiger partial charge in [0.25, 0.3) is 0 Å². The van der Waals surface area contributed by atoms with Gasteiger partial charge in [-0.15, -0.1) is 0 Å². The largest absolute Gasteiger partial charge is 0.338 e. The molecule has 0 unspecified atom stereocenters. The van der Waals surface area contributed by atoms with E-state index in [9.17, 15) is 4.79 Å². The summed E-state index contributed by atoms with van der Waals surface area (Å²) in [5, 5.41) is 3.25. The topological polar surface area (TPSA) is 48.5 Å². The maximum absolute atomic E-state index is 12.9. The number of likely N-dealkylation sites (tertiary alicyclic amines) is 2. The minimum Gasteiger partial charge on any atom is -0.338 e. The third kappa shape index (κ3) is 4.14. The Morgan fingerprint density at radius 1 is 1.08 bits per heavy atom. The molecule has 5 heteroatoms. The first-order valence-corrected chi connectivity index (χ1v) is 9.99. The summed E-state index contributed by atoms with van der Waals surface area (Å²) in [6.45, 7) is 4.06. The maximum Gasteiger partial charge on any atom is 0.317 e. The first-order valence-electron chi connectivity index (χ1n) is 9.99. The van der Waals surface area contributed by atoms with E-state index >= 15 is 0 Å². The van der Waals surface area contributed by atoms with Gasteiger partial charge in [-0.3, -0.25) is 4.98 Å². The summed E-state index contributed by atoms with van der Waals surface area (Å²) in [7, 11) is 0. The quantitative estimate of drug-likeness (QED) is 0.914. The summed E-state index contributed by atoms with van der Waals surface area (Å²) in [6.07, 6.45) is 12.2. The van der Waals surface area contributed by atoms with Gasteiger partial charge < -0.3 is 15.1 Å². The molecule has 0 bridgehead atoms. The van der Waals surface area contributed by atoms with E-state index in [1.54, 1.807) is 0 Å². The number of aromatic nitrogens is 1. The lowest BCUT2D eigenvalue weighted by Crippen LogP contribution is -2.44. The number of hydrogen-bond donors (Lipinski definition) is 1. The Kier molecular flexibility index (Phi) is 5.20. The molecule has 1 aromatic rings. The zero-order chi connectivity index (χ0) is 17.1. The number of pyridine rings is 1. The minimum atomic E-state index is 0.119. The van der Waals surface area contributed by atoms with Gasteiger partial charge in [-0.2, -0.15) is 0 Å². The fraction of sp³-hybridized carbons (Fsp3) is 0.700. The highest BCUT2D eigenvalue weighted by molar-refractivity contribution is 5.74. The summed E-state index contributed by atoms with van der Waals surface area (Å²) < 4.78 is 0. The van der Waals surface area contributed by atoms with E-state index in [4.69, 9.17) is 0 Å². The van der Waals surface area contributed by atoms with Gasteiger partial charge in [-0.1, -0.05) is 12.8 Å². The lowest BCUT2D eigenvalue weighted by atomic mass is 10.0. The van der Waals surface area contributed by atoms with Crippen molar-refractivity contribution in [1.82, 2.24) is 20.1 Å². The Morgan fingerprint density at radius 3 is 2.72 bits per heavy atom. The molecule has 2 amide bonds. The highest BCUT2D eigenvalue weighted by Gasteiger charge is 2.34. The van der Waals surface area contributed by atoms with Crippen LogP contribution in [0.3, 0.4) is 0 Å². The summed E-state index contributed by atoms with van der Waals surface area (Å²) >= 11 is 0. The second-order valence-corrected chi connectivity index (χ2v) is 7.91. The number of nitrogens with one attached hydrogen (secondary N) is 1. The van der Waals surface area contributed by atoms with Gasteiger partial charge in [0.2, 0.25) is 0 Å². The maximum atomic E-state index is 12.9. The molecule has 2 atom stereocenters. The number of rotatable bonds is 4. The molecule has 4 rings (SSSR count). The predicted molar refractivity (Wildman–Crippen MR) is 98.3 cm³/mol. The number of nitrogens with zero attached hydrogens (tertiary/aromatic N) is 3. The van der Waals surface area contributed by atoms with E-state index in [1.165, 1.54) is 50.8 Å². The van der Waals surface area contributed by atoms with Crippen LogP contribution < -0.4 is 5.32 Å². The van der Waals surface area contributed by atoms with Crippen LogP contribution in [-0.2, 0) is 0 Å². The van der Waals surface area contributed by atoms with Gasteiger partial charge >= 0.3 is 6.03 Å². The van der Waals surface area contributed by atoms with Crippen molar-refractivity contribution >= 4 is 6.03 Å². The van der Waals surface area contributed by atoms with Crippen LogP contribution in [0.5, 0.6) is 0 Å². The van der Waals surface area contributed by atoms with Crippen molar-refractivity contribution in [2.45, 2.75) is 57.0 Å². The molecule has 1 aromatic heterocycles. The van der Waals surface area contributed by atoms with Crippen molar-refractivity contribution in [2.24, 2.45) is 5.92 Å². The molecule has 1 saturated carbocycles. The predicted octanol–water partition coefficient (Wildman–Crippen LogP) is 3.19. The van der Waals surface area contributed by atoms with Crippen molar-refractivity contribution in [3.63, 3.8) is 0 Å². The zero-order valence-electron chi connectivity index (χ0n) is 15.1. The van der Waals surface area contributed by atoms with Gasteiger partial charge in [0.15, 0.2) is 0 Å². The molecule has 3 aliphatic rings. The van der Waals surface area contributed by atoms with Gasteiger partial charge in [-0.25, -0.2) is 4.79 Å². The van der Waals surface area contributed by atoms with E-state index in [0.717, 1.165) is 32.0 Å². The van der Waals surface area contributed by atoms with Crippen LogP contribution in [0.2, 0.25) is 0 Å². The third-order valence-electron chi connectivity index (χ3n) is 6.03. The van der Waals surface area contributed by atoms with Crippen molar-refractivity contribution in [3.05, 3.63) is 30.1 Å². The molecule has 136 valence electrons. The standard InChI is InChI=1S/C20H30N4O/c25-20(22-14-16-9-13-23(15-16)18-5-6-18)24-12-3-1-2-4-19(24)17-7-10-21-11-8-17/h7-8,10-11,16,18-19H,1-6,9,12-15H2,(H,22,25)/t16-,19+/m1/s1. The van der Waals surface area contributed by atoms with Crippen molar-refractivity contribution in [3.8, 4) is 0 Å². The molecular weight excluding hydrogens is 312 g/mol. The van der Waals surface area contributed by atoms with Crippen LogP contribution >= 0.6 is 0 Å². The molecule has 3 heterocycles. The molecule has 3 fully saturated rings. The molecular formula is C20H30N4O. The molecule has 0 aromatic carbocycles. The molecule has 2 aliphatic heterocycles. The molecule has 5 nitrogen and oxygen atoms in total. The molecule has 0 spiro atoms. The van der Waals surface area contributed by atoms with Crippen molar-refractivity contribution in [1.29, 1.82) is 0 Å². The smallest absolute Gasteiger partial charge is 0.317 e. The third-order valence-corrected chi connectivity index (χ3v) is 6.03. The minimum absolute atomic E-state index is 0.119. The van der Waals surface area contributed by atoms with E-state index in [-0.39, 0.29) is 12.1 Å². The van der Waals surface area contributed by atoms with Crippen LogP contribution in [0, 0.1) is 5.92 Å². The number of urea groups is 1. The molecule has 25 heavy (non-hydrogen) atoms. The number of hydrogen-bond acceptors (Lipinski definition) is 3. The molecule has 1 N–H and O–H groups in total. The molecule has 2 saturated heterocycles. The average molecular weight is 342 g/mol. The molecule has 1 aliphatic carbocycles. The van der Waals surface area contributed by atoms with E-state index < -0.39 is 0 Å². The zero-order valence-corrected chi connectivity index (χ0v) is 15.1. The van der Waals surface area contributed by atoms with Crippen molar-refractivity contribution in [2.75, 3.05) is 26.2 Å². The van der Waals surface area contributed by atoms with Crippen LogP contribution in [0.4, 0.5) is 4.79 Å². The summed E-state index contributed by atoms with van der Waals surface area (Å²) in [5.41, 5.74) is 1.22. The number of carbonyl (C=O) groups excluding carboxylic acids is 1. The Balaban J connectivity index is 1.35. The Hall–Kier alpha value is -1.62. The normalized spacial score (nSPS) is 27.9. The van der Waals surface area contributed by atoms with Crippen LogP contribution in [0.1, 0.15) is 56.6 Å². The van der Waals surface area contributed by atoms with Crippen LogP contribution in [0.25, 0.3) is 0 Å². The van der Waals surface area contributed by atoms with E-state index in [0.29, 0.717) is 5.92 Å². The lowest BCUT2D eigenvalue weighted by molar-refractivity contribution is 0.174. The first kappa shape index (κ1) is 16.8. The van der Waals surface area contributed by atoms with Gasteiger partial charge in [0, 0.05) is 38.1 Å². The fourth-order valence-corrected chi connectivity index (χ4v) is 4.42. The first-order chi connectivity index (χ1) is 12.3. The number of amides is 2. The summed E-state index contributed by atoms with van der Waals surface area (Å²) in [6, 6.07) is 5.27. The SMILES string of the molecule is O=C(NC[C@H]1CCN(C2CC2)C1)N1CCCCC[C@H]1c1ccncc1. The Morgan fingerprint density at radius 2 is 1.92 bits per heavy atom. The highest BCUT2D eigenvalue weighted by atomic mass is 16.2. The van der Waals surface area contributed by atoms with Gasteiger partial charge in [-0.05, 0) is 62.3 Å². The summed E-state index contributed by atoms with van der Waals surface area (Å²) in [4.78, 5) is 21.7. The Labute approximate surface area is 150 Å². The van der Waals surface area contributed by atoms with Gasteiger partial charge in [0.05, 0.1) is 6.04 Å². The van der Waals surface area contributed by atoms with E-state index in [2.05, 4.69) is 32.2 Å². The lowest BCUT2D eigenvalue weighted by Gasteiger charge is -2.31. The van der Waals surface area contributed by atoms with Crippen molar-refractivity contribution < 1.29 is 4.79 Å². The van der Waals surface area contributed by atoms with Gasteiger partial charge in [0.1, 0.15) is 0 Å². The monoisotopic (exact) mass is 342 g/mol. The summed E-state index contributed by atoms with van der Waals surface area (Å²) in [5.74, 6) is 0.621. The van der Waals surface area contributed by atoms with Crippen LogP contribution in [0.15, 0.2) is 24.5 Å².